The molecule has 94 valence electrons. The molecule has 0 N–H and O–H groups in total. The van der Waals surface area contributed by atoms with Crippen LogP contribution in [-0.4, -0.2) is 54.9 Å². The fourth-order valence-electron chi connectivity index (χ4n) is 0.553. The standard InChI is InChI=1S/C6H16O3Si.C4H11N/c1-4-7-10(8-5-2)9-6-3;1-4-5(2)3/h10H,4-6H2,1-3H3;4H2,1-3H3. The number of hydrogen-bond donors (Lipinski definition) is 0. The van der Waals surface area contributed by atoms with Crippen molar-refractivity contribution in [3.63, 3.8) is 0 Å². The van der Waals surface area contributed by atoms with Crippen molar-refractivity contribution in [3.8, 4) is 0 Å². The number of hydrogen-bond acceptors (Lipinski definition) is 4. The molecule has 0 heterocycles. The number of rotatable bonds is 7. The van der Waals surface area contributed by atoms with Crippen LogP contribution in [0.15, 0.2) is 0 Å². The molecule has 0 bridgehead atoms. The maximum absolute atomic E-state index is 5.22. The predicted octanol–water partition coefficient (Wildman–Crippen LogP) is 1.38. The van der Waals surface area contributed by atoms with Crippen molar-refractivity contribution in [1.82, 2.24) is 4.90 Å². The van der Waals surface area contributed by atoms with Crippen molar-refractivity contribution in [2.45, 2.75) is 27.7 Å². The first kappa shape index (κ1) is 17.5. The van der Waals surface area contributed by atoms with Gasteiger partial charge in [-0.25, -0.2) is 0 Å². The largest absolute Gasteiger partial charge is 0.484 e. The summed E-state index contributed by atoms with van der Waals surface area (Å²) in [6.45, 7) is 11.1. The van der Waals surface area contributed by atoms with E-state index in [9.17, 15) is 0 Å². The molecular weight excluding hydrogens is 210 g/mol. The summed E-state index contributed by atoms with van der Waals surface area (Å²) in [4.78, 5) is 2.12. The molecule has 15 heavy (non-hydrogen) atoms. The van der Waals surface area contributed by atoms with E-state index >= 15 is 0 Å². The molecule has 0 aliphatic heterocycles. The van der Waals surface area contributed by atoms with Gasteiger partial charge in [-0.1, -0.05) is 6.92 Å². The van der Waals surface area contributed by atoms with Crippen LogP contribution in [0.1, 0.15) is 27.7 Å². The lowest BCUT2D eigenvalue weighted by molar-refractivity contribution is 0.107. The molecule has 0 aliphatic carbocycles. The van der Waals surface area contributed by atoms with Crippen molar-refractivity contribution in [1.29, 1.82) is 0 Å². The first-order valence-electron chi connectivity index (χ1n) is 5.61. The second-order valence-electron chi connectivity index (χ2n) is 3.05. The maximum atomic E-state index is 5.22. The van der Waals surface area contributed by atoms with E-state index in [-0.39, 0.29) is 0 Å². The van der Waals surface area contributed by atoms with Gasteiger partial charge in [0.15, 0.2) is 0 Å². The summed E-state index contributed by atoms with van der Waals surface area (Å²) in [6, 6.07) is 0. The Morgan fingerprint density at radius 3 is 1.20 bits per heavy atom. The van der Waals surface area contributed by atoms with Gasteiger partial charge in [0.25, 0.3) is 0 Å². The highest BCUT2D eigenvalue weighted by Crippen LogP contribution is 1.91. The molecule has 0 aromatic rings. The van der Waals surface area contributed by atoms with Crippen LogP contribution in [0.2, 0.25) is 0 Å². The van der Waals surface area contributed by atoms with Crippen LogP contribution in [0.3, 0.4) is 0 Å². The molecule has 0 saturated heterocycles. The normalized spacial score (nSPS) is 10.4. The molecule has 0 aromatic heterocycles. The van der Waals surface area contributed by atoms with Gasteiger partial charge < -0.3 is 18.2 Å². The lowest BCUT2D eigenvalue weighted by Crippen LogP contribution is -2.27. The van der Waals surface area contributed by atoms with E-state index in [2.05, 4.69) is 25.9 Å². The zero-order valence-electron chi connectivity index (χ0n) is 11.1. The molecule has 0 atom stereocenters. The van der Waals surface area contributed by atoms with Crippen LogP contribution in [0.4, 0.5) is 0 Å². The molecule has 0 unspecified atom stereocenters. The van der Waals surface area contributed by atoms with Gasteiger partial charge in [-0.2, -0.15) is 0 Å². The summed E-state index contributed by atoms with van der Waals surface area (Å²) in [6.07, 6.45) is 0. The Bertz CT molecular complexity index is 101. The van der Waals surface area contributed by atoms with Gasteiger partial charge in [-0.05, 0) is 41.4 Å². The van der Waals surface area contributed by atoms with Gasteiger partial charge in [0, 0.05) is 19.8 Å². The SMILES string of the molecule is CCN(C)C.CCO[SiH](OCC)OCC. The van der Waals surface area contributed by atoms with Gasteiger partial charge in [0.1, 0.15) is 0 Å². The Hall–Kier alpha value is 0.0569. The minimum absolute atomic E-state index is 0.677. The fraction of sp³-hybridized carbons (Fsp3) is 1.00. The molecule has 0 amide bonds. The number of nitrogens with zero attached hydrogens (tertiary/aromatic N) is 1. The molecule has 5 heteroatoms. The Morgan fingerprint density at radius 2 is 1.07 bits per heavy atom. The zero-order chi connectivity index (χ0) is 12.1. The summed E-state index contributed by atoms with van der Waals surface area (Å²) >= 11 is 0. The summed E-state index contributed by atoms with van der Waals surface area (Å²) in [5.74, 6) is 0. The quantitative estimate of drug-likeness (QED) is 0.626. The van der Waals surface area contributed by atoms with Gasteiger partial charge in [0.2, 0.25) is 0 Å². The van der Waals surface area contributed by atoms with Crippen LogP contribution < -0.4 is 0 Å². The lowest BCUT2D eigenvalue weighted by Gasteiger charge is -2.12. The van der Waals surface area contributed by atoms with Crippen molar-refractivity contribution in [2.75, 3.05) is 40.5 Å². The van der Waals surface area contributed by atoms with Gasteiger partial charge in [0.05, 0.1) is 0 Å². The summed E-state index contributed by atoms with van der Waals surface area (Å²) in [5, 5.41) is 0. The highest BCUT2D eigenvalue weighted by atomic mass is 28.3. The minimum atomic E-state index is -1.73. The lowest BCUT2D eigenvalue weighted by atomic mass is 10.7. The third-order valence-electron chi connectivity index (χ3n) is 1.54. The molecule has 0 saturated carbocycles. The molecule has 0 radical (unpaired) electrons. The van der Waals surface area contributed by atoms with Gasteiger partial charge >= 0.3 is 9.53 Å². The third kappa shape index (κ3) is 16.7. The summed E-state index contributed by atoms with van der Waals surface area (Å²) < 4.78 is 15.7. The van der Waals surface area contributed by atoms with E-state index < -0.39 is 9.53 Å². The van der Waals surface area contributed by atoms with E-state index in [0.29, 0.717) is 19.8 Å². The average molecular weight is 237 g/mol. The highest BCUT2D eigenvalue weighted by molar-refractivity contribution is 6.36. The van der Waals surface area contributed by atoms with E-state index in [1.54, 1.807) is 0 Å². The molecule has 0 aliphatic rings. The Labute approximate surface area is 96.5 Å². The van der Waals surface area contributed by atoms with E-state index in [0.717, 1.165) is 6.54 Å². The topological polar surface area (TPSA) is 30.9 Å². The van der Waals surface area contributed by atoms with Crippen LogP contribution in [0, 0.1) is 0 Å². The third-order valence-corrected chi connectivity index (χ3v) is 3.36. The molecule has 0 spiro atoms. The second kappa shape index (κ2) is 14.1. The van der Waals surface area contributed by atoms with Crippen molar-refractivity contribution >= 4 is 9.53 Å². The molecule has 0 aromatic carbocycles. The Kier molecular flexibility index (Phi) is 16.4. The second-order valence-corrected chi connectivity index (χ2v) is 4.63. The monoisotopic (exact) mass is 237 g/mol. The summed E-state index contributed by atoms with van der Waals surface area (Å²) in [5.41, 5.74) is 0. The van der Waals surface area contributed by atoms with Crippen LogP contribution in [0.25, 0.3) is 0 Å². The summed E-state index contributed by atoms with van der Waals surface area (Å²) in [7, 11) is 2.38. The fourth-order valence-corrected chi connectivity index (χ4v) is 1.66. The van der Waals surface area contributed by atoms with Crippen molar-refractivity contribution < 1.29 is 13.3 Å². The zero-order valence-corrected chi connectivity index (χ0v) is 12.2. The first-order valence-corrected chi connectivity index (χ1v) is 7.03. The first-order chi connectivity index (χ1) is 7.12. The maximum Gasteiger partial charge on any atom is 0.484 e. The minimum Gasteiger partial charge on any atom is -0.376 e. The van der Waals surface area contributed by atoms with E-state index in [1.165, 1.54) is 0 Å². The smallest absolute Gasteiger partial charge is 0.376 e. The van der Waals surface area contributed by atoms with Gasteiger partial charge in [-0.15, -0.1) is 0 Å². The van der Waals surface area contributed by atoms with E-state index in [1.807, 2.05) is 20.8 Å². The van der Waals surface area contributed by atoms with Gasteiger partial charge in [-0.3, -0.25) is 0 Å². The van der Waals surface area contributed by atoms with E-state index in [4.69, 9.17) is 13.3 Å². The molecule has 0 rings (SSSR count). The Morgan fingerprint density at radius 1 is 0.800 bits per heavy atom. The van der Waals surface area contributed by atoms with Crippen LogP contribution >= 0.6 is 0 Å². The van der Waals surface area contributed by atoms with Crippen molar-refractivity contribution in [3.05, 3.63) is 0 Å². The molecule has 4 nitrogen and oxygen atoms in total. The van der Waals surface area contributed by atoms with Crippen LogP contribution in [-0.2, 0) is 13.3 Å². The highest BCUT2D eigenvalue weighted by Gasteiger charge is 2.11. The molecule has 0 fully saturated rings. The molecular formula is C10H27NO3Si. The van der Waals surface area contributed by atoms with Crippen molar-refractivity contribution in [2.24, 2.45) is 0 Å². The van der Waals surface area contributed by atoms with Crippen LogP contribution in [0.5, 0.6) is 0 Å². The average Bonchev–Trinajstić information content (AvgIpc) is 2.20. The predicted molar refractivity (Wildman–Crippen MR) is 66.3 cm³/mol. The Balaban J connectivity index is 0.